The Balaban J connectivity index is 0.00000400. The highest BCUT2D eigenvalue weighted by Gasteiger charge is 2.34. The lowest BCUT2D eigenvalue weighted by Gasteiger charge is -2.28. The molecular formula is C15H24N2O3. The highest BCUT2D eigenvalue weighted by atomic mass is 16.6. The van der Waals surface area contributed by atoms with Gasteiger partial charge in [0.25, 0.3) is 0 Å². The van der Waals surface area contributed by atoms with Gasteiger partial charge in [0, 0.05) is 7.85 Å². The summed E-state index contributed by atoms with van der Waals surface area (Å²) in [5.41, 5.74) is 2.73. The summed E-state index contributed by atoms with van der Waals surface area (Å²) in [5.74, 6) is -0.141. The molecule has 0 aliphatic carbocycles. The molecule has 1 aliphatic rings. The van der Waals surface area contributed by atoms with Crippen LogP contribution in [0.4, 0.5) is 4.79 Å². The van der Waals surface area contributed by atoms with Crippen molar-refractivity contribution >= 4 is 12.0 Å². The van der Waals surface area contributed by atoms with Gasteiger partial charge in [-0.3, -0.25) is 4.79 Å². The van der Waals surface area contributed by atoms with Crippen LogP contribution in [0.25, 0.3) is 0 Å². The van der Waals surface area contributed by atoms with E-state index in [2.05, 4.69) is 18.6 Å². The number of amides is 2. The lowest BCUT2D eigenvalue weighted by atomic mass is 10.1. The summed E-state index contributed by atoms with van der Waals surface area (Å²) in [6.07, 6.45) is 5.43. The Hall–Kier alpha value is -2.04. The molecule has 0 aromatic rings. The number of ether oxygens (including phenoxy) is 1. The average molecular weight is 280 g/mol. The molecule has 1 aliphatic heterocycles. The van der Waals surface area contributed by atoms with Crippen LogP contribution in [-0.4, -0.2) is 28.7 Å². The molecule has 1 saturated heterocycles. The highest BCUT2D eigenvalue weighted by molar-refractivity contribution is 5.82. The third kappa shape index (κ3) is 4.26. The summed E-state index contributed by atoms with van der Waals surface area (Å²) in [6.45, 7) is 12.7. The second-order valence-corrected chi connectivity index (χ2v) is 5.54. The number of nitrogens with one attached hydrogen (secondary N) is 1. The number of carbonyl (C=O) groups excluding carboxylic acids is 2. The van der Waals surface area contributed by atoms with Gasteiger partial charge in [0.15, 0.2) is 0 Å². The predicted molar refractivity (Wildman–Crippen MR) is 79.8 cm³/mol. The van der Waals surface area contributed by atoms with E-state index in [9.17, 15) is 9.59 Å². The smallest absolute Gasteiger partial charge is 0.426 e. The van der Waals surface area contributed by atoms with Crippen molar-refractivity contribution in [2.45, 2.75) is 45.3 Å². The molecule has 0 saturated carbocycles. The van der Waals surface area contributed by atoms with Gasteiger partial charge >= 0.3 is 6.09 Å². The summed E-state index contributed by atoms with van der Waals surface area (Å²) in [7, 11) is 0. The molecule has 0 spiro atoms. The van der Waals surface area contributed by atoms with Crippen molar-refractivity contribution in [3.05, 3.63) is 37.0 Å². The van der Waals surface area contributed by atoms with Gasteiger partial charge in [0.2, 0.25) is 5.91 Å². The van der Waals surface area contributed by atoms with Crippen LogP contribution in [-0.2, 0) is 9.53 Å². The zero-order valence-corrected chi connectivity index (χ0v) is 12.3. The first-order valence-corrected chi connectivity index (χ1v) is 6.55. The molecule has 1 atom stereocenters. The van der Waals surface area contributed by atoms with Gasteiger partial charge in [-0.15, -0.1) is 0 Å². The molecule has 2 amide bonds. The molecule has 0 aromatic carbocycles. The van der Waals surface area contributed by atoms with Crippen molar-refractivity contribution < 1.29 is 15.8 Å². The van der Waals surface area contributed by atoms with Crippen LogP contribution in [0.15, 0.2) is 37.0 Å². The fourth-order valence-corrected chi connectivity index (χ4v) is 1.99. The Labute approximate surface area is 121 Å². The number of carbonyl (C=O) groups is 2. The largest absolute Gasteiger partial charge is 0.443 e. The average Bonchev–Trinajstić information content (AvgIpc) is 2.66. The quantitative estimate of drug-likeness (QED) is 0.805. The van der Waals surface area contributed by atoms with E-state index in [4.69, 9.17) is 4.74 Å². The zero-order valence-electron chi connectivity index (χ0n) is 12.3. The first-order chi connectivity index (χ1) is 9.28. The van der Waals surface area contributed by atoms with Crippen molar-refractivity contribution in [2.75, 3.05) is 0 Å². The summed E-state index contributed by atoms with van der Waals surface area (Å²) in [5, 5.41) is 1.31. The number of hydrazine groups is 1. The highest BCUT2D eigenvalue weighted by Crippen LogP contribution is 2.24. The van der Waals surface area contributed by atoms with E-state index in [-0.39, 0.29) is 13.4 Å². The Kier molecular flexibility index (Phi) is 5.13. The second kappa shape index (κ2) is 6.41. The summed E-state index contributed by atoms with van der Waals surface area (Å²) in [4.78, 5) is 23.7. The minimum atomic E-state index is -0.639. The van der Waals surface area contributed by atoms with Crippen molar-refractivity contribution in [1.29, 1.82) is 0 Å². The molecule has 112 valence electrons. The molecule has 1 N–H and O–H groups in total. The van der Waals surface area contributed by atoms with Crippen LogP contribution in [0.1, 0.15) is 35.0 Å². The summed E-state index contributed by atoms with van der Waals surface area (Å²) < 4.78 is 5.16. The Morgan fingerprint density at radius 3 is 2.65 bits per heavy atom. The van der Waals surface area contributed by atoms with E-state index in [0.29, 0.717) is 12.8 Å². The minimum Gasteiger partial charge on any atom is -0.443 e. The topological polar surface area (TPSA) is 58.6 Å². The summed E-state index contributed by atoms with van der Waals surface area (Å²) >= 11 is 0. The fraction of sp³-hybridized carbons (Fsp3) is 0.467. The Morgan fingerprint density at radius 1 is 1.50 bits per heavy atom. The normalized spacial score (nSPS) is 19.8. The number of hydrogen-bond acceptors (Lipinski definition) is 3. The molecule has 1 heterocycles. The van der Waals surface area contributed by atoms with Gasteiger partial charge in [-0.2, -0.15) is 0 Å². The molecule has 1 unspecified atom stereocenters. The van der Waals surface area contributed by atoms with E-state index in [1.165, 1.54) is 5.01 Å². The lowest BCUT2D eigenvalue weighted by Crippen LogP contribution is -2.49. The maximum absolute atomic E-state index is 11.9. The molecule has 1 rings (SSSR count). The molecule has 0 radical (unpaired) electrons. The Bertz CT molecular complexity index is 452. The van der Waals surface area contributed by atoms with Gasteiger partial charge in [-0.05, 0) is 32.8 Å². The first-order valence-electron chi connectivity index (χ1n) is 6.55. The molecule has 20 heavy (non-hydrogen) atoms. The van der Waals surface area contributed by atoms with Gasteiger partial charge in [0.05, 0.1) is 6.04 Å². The van der Waals surface area contributed by atoms with E-state index >= 15 is 0 Å². The van der Waals surface area contributed by atoms with E-state index in [0.717, 1.165) is 5.57 Å². The third-order valence-electron chi connectivity index (χ3n) is 2.75. The second-order valence-electron chi connectivity index (χ2n) is 5.54. The van der Waals surface area contributed by atoms with Crippen LogP contribution in [0, 0.1) is 0 Å². The van der Waals surface area contributed by atoms with Crippen molar-refractivity contribution in [1.82, 2.24) is 10.4 Å². The molecular weight excluding hydrogens is 256 g/mol. The third-order valence-corrected chi connectivity index (χ3v) is 2.75. The van der Waals surface area contributed by atoms with Crippen LogP contribution in [0.5, 0.6) is 0 Å². The first kappa shape index (κ1) is 16.0. The molecule has 1 fully saturated rings. The van der Waals surface area contributed by atoms with E-state index in [1.807, 2.05) is 0 Å². The van der Waals surface area contributed by atoms with Crippen LogP contribution < -0.4 is 5.43 Å². The summed E-state index contributed by atoms with van der Waals surface area (Å²) in [6, 6.07) is -0.231. The van der Waals surface area contributed by atoms with Gasteiger partial charge < -0.3 is 4.74 Å². The van der Waals surface area contributed by atoms with Gasteiger partial charge in [-0.1, -0.05) is 31.4 Å². The molecule has 5 heteroatoms. The predicted octanol–water partition coefficient (Wildman–Crippen LogP) is 2.96. The van der Waals surface area contributed by atoms with Crippen molar-refractivity contribution in [3.8, 4) is 0 Å². The van der Waals surface area contributed by atoms with Crippen molar-refractivity contribution in [3.63, 3.8) is 0 Å². The zero-order chi connectivity index (χ0) is 15.3. The Morgan fingerprint density at radius 2 is 2.15 bits per heavy atom. The minimum absolute atomic E-state index is 0. The maximum atomic E-state index is 11.9. The fourth-order valence-electron chi connectivity index (χ4n) is 1.99. The lowest BCUT2D eigenvalue weighted by molar-refractivity contribution is -0.131. The number of nitrogens with zero attached hydrogens (tertiary/aromatic N) is 1. The van der Waals surface area contributed by atoms with Crippen LogP contribution in [0.2, 0.25) is 0 Å². The number of allylic oxidation sites excluding steroid dienone is 2. The number of hydrogen-bond donors (Lipinski definition) is 1. The molecule has 5 nitrogen and oxygen atoms in total. The molecule has 0 aromatic heterocycles. The van der Waals surface area contributed by atoms with Crippen LogP contribution in [0.3, 0.4) is 0 Å². The van der Waals surface area contributed by atoms with Gasteiger partial charge in [-0.25, -0.2) is 15.2 Å². The van der Waals surface area contributed by atoms with Crippen LogP contribution >= 0.6 is 0 Å². The molecule has 0 bridgehead atoms. The van der Waals surface area contributed by atoms with E-state index in [1.54, 1.807) is 39.0 Å². The van der Waals surface area contributed by atoms with E-state index < -0.39 is 11.7 Å². The number of rotatable bonds is 4. The van der Waals surface area contributed by atoms with Gasteiger partial charge in [0.1, 0.15) is 5.60 Å². The standard InChI is InChI=1S/C15H22N2O3.H2/c1-6-8-11(7-2)12-9-10-13(18)17(12)16-14(19)20-15(3,4)5;/h6-8,12H,1-2,9-10H2,3-5H3,(H,16,19);1H/b11-8+;. The maximum Gasteiger partial charge on any atom is 0.426 e. The monoisotopic (exact) mass is 280 g/mol. The SMILES string of the molecule is C=C/C=C(\C=C)C1CCC(=O)N1NC(=O)OC(C)(C)C.[HH]. The van der Waals surface area contributed by atoms with Crippen molar-refractivity contribution in [2.24, 2.45) is 0 Å².